The Morgan fingerprint density at radius 2 is 1.82 bits per heavy atom. The third-order valence-electron chi connectivity index (χ3n) is 3.38. The third-order valence-corrected chi connectivity index (χ3v) is 5.84. The zero-order chi connectivity index (χ0) is 15.9. The van der Waals surface area contributed by atoms with E-state index in [2.05, 4.69) is 9.71 Å². The van der Waals surface area contributed by atoms with E-state index in [9.17, 15) is 8.42 Å². The van der Waals surface area contributed by atoms with Gasteiger partial charge in [-0.3, -0.25) is 4.72 Å². The minimum atomic E-state index is -3.59. The number of fused-ring (bicyclic) bond motifs is 1. The van der Waals surface area contributed by atoms with Crippen molar-refractivity contribution in [3.8, 4) is 0 Å². The second-order valence-electron chi connectivity index (χ2n) is 5.29. The van der Waals surface area contributed by atoms with Crippen molar-refractivity contribution >= 4 is 37.3 Å². The minimum Gasteiger partial charge on any atom is -0.280 e. The zero-order valence-corrected chi connectivity index (χ0v) is 14.2. The van der Waals surface area contributed by atoms with Crippen LogP contribution in [0.15, 0.2) is 41.3 Å². The van der Waals surface area contributed by atoms with Crippen molar-refractivity contribution in [2.45, 2.75) is 25.7 Å². The summed E-state index contributed by atoms with van der Waals surface area (Å²) in [5.41, 5.74) is 3.08. The van der Waals surface area contributed by atoms with Crippen LogP contribution in [0.25, 0.3) is 10.2 Å². The normalized spacial score (nSPS) is 11.8. The highest BCUT2D eigenvalue weighted by Gasteiger charge is 2.17. The maximum Gasteiger partial charge on any atom is 0.262 e. The quantitative estimate of drug-likeness (QED) is 0.788. The lowest BCUT2D eigenvalue weighted by Gasteiger charge is -2.11. The third kappa shape index (κ3) is 2.84. The van der Waals surface area contributed by atoms with E-state index in [-0.39, 0.29) is 0 Å². The fourth-order valence-corrected chi connectivity index (χ4v) is 4.56. The first-order chi connectivity index (χ1) is 10.3. The SMILES string of the molecule is Cc1ccc(C)c(S(=O)(=O)Nc2ccc3nc(C)sc3c2)c1. The monoisotopic (exact) mass is 332 g/mol. The molecule has 0 amide bonds. The predicted molar refractivity (Wildman–Crippen MR) is 91.1 cm³/mol. The number of anilines is 1. The fraction of sp³-hybridized carbons (Fsp3) is 0.188. The van der Waals surface area contributed by atoms with Gasteiger partial charge in [-0.05, 0) is 56.2 Å². The van der Waals surface area contributed by atoms with Crippen LogP contribution in [0.2, 0.25) is 0 Å². The van der Waals surface area contributed by atoms with Crippen molar-refractivity contribution in [1.29, 1.82) is 0 Å². The molecule has 0 saturated heterocycles. The van der Waals surface area contributed by atoms with Crippen molar-refractivity contribution in [3.63, 3.8) is 0 Å². The molecule has 1 heterocycles. The predicted octanol–water partition coefficient (Wildman–Crippen LogP) is 4.02. The molecule has 1 N–H and O–H groups in total. The number of hydrogen-bond donors (Lipinski definition) is 1. The van der Waals surface area contributed by atoms with Gasteiger partial charge >= 0.3 is 0 Å². The highest BCUT2D eigenvalue weighted by Crippen LogP contribution is 2.27. The first-order valence-electron chi connectivity index (χ1n) is 6.82. The number of aromatic nitrogens is 1. The molecule has 4 nitrogen and oxygen atoms in total. The second-order valence-corrected chi connectivity index (χ2v) is 8.18. The Morgan fingerprint density at radius 3 is 2.59 bits per heavy atom. The van der Waals surface area contributed by atoms with E-state index in [1.165, 1.54) is 0 Å². The molecule has 0 saturated carbocycles. The summed E-state index contributed by atoms with van der Waals surface area (Å²) in [4.78, 5) is 4.69. The topological polar surface area (TPSA) is 59.1 Å². The van der Waals surface area contributed by atoms with Crippen molar-refractivity contribution in [2.24, 2.45) is 0 Å². The molecular formula is C16H16N2O2S2. The molecule has 0 aliphatic carbocycles. The molecule has 22 heavy (non-hydrogen) atoms. The smallest absolute Gasteiger partial charge is 0.262 e. The number of benzene rings is 2. The molecule has 6 heteroatoms. The van der Waals surface area contributed by atoms with E-state index < -0.39 is 10.0 Å². The highest BCUT2D eigenvalue weighted by molar-refractivity contribution is 7.92. The number of thiazole rings is 1. The fourth-order valence-electron chi connectivity index (χ4n) is 2.31. The molecule has 2 aromatic carbocycles. The Hall–Kier alpha value is -1.92. The minimum absolute atomic E-state index is 0.313. The van der Waals surface area contributed by atoms with Gasteiger partial charge in [-0.25, -0.2) is 13.4 Å². The lowest BCUT2D eigenvalue weighted by atomic mass is 10.2. The van der Waals surface area contributed by atoms with E-state index in [1.807, 2.05) is 38.1 Å². The number of hydrogen-bond acceptors (Lipinski definition) is 4. The first-order valence-corrected chi connectivity index (χ1v) is 9.12. The average Bonchev–Trinajstić information content (AvgIpc) is 2.80. The van der Waals surface area contributed by atoms with Crippen molar-refractivity contribution in [3.05, 3.63) is 52.5 Å². The zero-order valence-electron chi connectivity index (χ0n) is 12.5. The Labute approximate surface area is 133 Å². The van der Waals surface area contributed by atoms with Crippen LogP contribution in [0, 0.1) is 20.8 Å². The van der Waals surface area contributed by atoms with Gasteiger partial charge in [0, 0.05) is 0 Å². The van der Waals surface area contributed by atoms with E-state index in [0.29, 0.717) is 10.6 Å². The summed E-state index contributed by atoms with van der Waals surface area (Å²) >= 11 is 1.55. The van der Waals surface area contributed by atoms with Crippen molar-refractivity contribution in [1.82, 2.24) is 4.98 Å². The lowest BCUT2D eigenvalue weighted by Crippen LogP contribution is -2.14. The standard InChI is InChI=1S/C16H16N2O2S2/c1-10-4-5-11(2)16(8-10)22(19,20)18-13-6-7-14-15(9-13)21-12(3)17-14/h4-9,18H,1-3H3. The van der Waals surface area contributed by atoms with E-state index in [0.717, 1.165) is 26.4 Å². The van der Waals surface area contributed by atoms with Crippen LogP contribution in [0.1, 0.15) is 16.1 Å². The molecular weight excluding hydrogens is 316 g/mol. The maximum atomic E-state index is 12.6. The average molecular weight is 332 g/mol. The van der Waals surface area contributed by atoms with Crippen LogP contribution in [0.5, 0.6) is 0 Å². The maximum absolute atomic E-state index is 12.6. The van der Waals surface area contributed by atoms with Gasteiger partial charge in [0.15, 0.2) is 0 Å². The van der Waals surface area contributed by atoms with Crippen LogP contribution in [-0.4, -0.2) is 13.4 Å². The van der Waals surface area contributed by atoms with Crippen LogP contribution in [-0.2, 0) is 10.0 Å². The molecule has 0 radical (unpaired) electrons. The summed E-state index contributed by atoms with van der Waals surface area (Å²) in [7, 11) is -3.59. The molecule has 1 aromatic heterocycles. The van der Waals surface area contributed by atoms with Gasteiger partial charge in [-0.2, -0.15) is 0 Å². The highest BCUT2D eigenvalue weighted by atomic mass is 32.2. The summed E-state index contributed by atoms with van der Waals surface area (Å²) in [5, 5.41) is 0.963. The molecule has 0 atom stereocenters. The molecule has 114 valence electrons. The van der Waals surface area contributed by atoms with Gasteiger partial charge in [0.05, 0.1) is 25.8 Å². The molecule has 3 rings (SSSR count). The van der Waals surface area contributed by atoms with Gasteiger partial charge in [0.2, 0.25) is 0 Å². The van der Waals surface area contributed by atoms with E-state index in [4.69, 9.17) is 0 Å². The van der Waals surface area contributed by atoms with Crippen LogP contribution >= 0.6 is 11.3 Å². The number of rotatable bonds is 3. The Kier molecular flexibility index (Phi) is 3.66. The molecule has 0 fully saturated rings. The van der Waals surface area contributed by atoms with Gasteiger partial charge in [-0.15, -0.1) is 11.3 Å². The molecule has 0 bridgehead atoms. The van der Waals surface area contributed by atoms with Crippen LogP contribution < -0.4 is 4.72 Å². The van der Waals surface area contributed by atoms with E-state index >= 15 is 0 Å². The van der Waals surface area contributed by atoms with Gasteiger partial charge in [-0.1, -0.05) is 12.1 Å². The molecule has 0 aliphatic heterocycles. The van der Waals surface area contributed by atoms with Crippen molar-refractivity contribution in [2.75, 3.05) is 4.72 Å². The Balaban J connectivity index is 2.00. The van der Waals surface area contributed by atoms with Crippen LogP contribution in [0.3, 0.4) is 0 Å². The van der Waals surface area contributed by atoms with Crippen molar-refractivity contribution < 1.29 is 8.42 Å². The summed E-state index contributed by atoms with van der Waals surface area (Å²) in [6, 6.07) is 10.8. The molecule has 0 spiro atoms. The Bertz CT molecular complexity index is 959. The second kappa shape index (κ2) is 5.37. The number of aryl methyl sites for hydroxylation is 3. The lowest BCUT2D eigenvalue weighted by molar-refractivity contribution is 0.600. The molecule has 0 unspecified atom stereocenters. The largest absolute Gasteiger partial charge is 0.280 e. The number of sulfonamides is 1. The van der Waals surface area contributed by atoms with Gasteiger partial charge in [0.1, 0.15) is 0 Å². The van der Waals surface area contributed by atoms with E-state index in [1.54, 1.807) is 30.4 Å². The first kappa shape index (κ1) is 15.0. The summed E-state index contributed by atoms with van der Waals surface area (Å²) in [6.45, 7) is 5.61. The summed E-state index contributed by atoms with van der Waals surface area (Å²) < 4.78 is 28.8. The summed E-state index contributed by atoms with van der Waals surface area (Å²) in [5.74, 6) is 0. The van der Waals surface area contributed by atoms with Gasteiger partial charge in [0.25, 0.3) is 10.0 Å². The number of nitrogens with one attached hydrogen (secondary N) is 1. The van der Waals surface area contributed by atoms with Gasteiger partial charge < -0.3 is 0 Å². The Morgan fingerprint density at radius 1 is 1.05 bits per heavy atom. The molecule has 0 aliphatic rings. The number of nitrogens with zero attached hydrogens (tertiary/aromatic N) is 1. The molecule has 3 aromatic rings. The van der Waals surface area contributed by atoms with Crippen LogP contribution in [0.4, 0.5) is 5.69 Å². The summed E-state index contributed by atoms with van der Waals surface area (Å²) in [6.07, 6.45) is 0.